The third-order valence-corrected chi connectivity index (χ3v) is 2.13. The van der Waals surface area contributed by atoms with Gasteiger partial charge in [-0.15, -0.1) is 0 Å². The topological polar surface area (TPSA) is 65.3 Å². The number of nitrogens with zero attached hydrogens (tertiary/aromatic N) is 3. The van der Waals surface area contributed by atoms with Gasteiger partial charge < -0.3 is 10.0 Å². The number of aliphatic imine (C=N–C) groups is 2. The first-order chi connectivity index (χ1) is 8.34. The number of carboxylic acid groups (broad SMARTS) is 1. The van der Waals surface area contributed by atoms with Crippen molar-refractivity contribution in [3.05, 3.63) is 12.3 Å². The van der Waals surface area contributed by atoms with Gasteiger partial charge in [0, 0.05) is 6.20 Å². The number of rotatable bonds is 4. The van der Waals surface area contributed by atoms with Crippen LogP contribution in [0.25, 0.3) is 0 Å². The van der Waals surface area contributed by atoms with Gasteiger partial charge in [0.25, 0.3) is 0 Å². The van der Waals surface area contributed by atoms with Crippen LogP contribution in [0.2, 0.25) is 0 Å². The van der Waals surface area contributed by atoms with E-state index >= 15 is 0 Å². The SMILES string of the molecule is CCC1N=C(C(F)(F)F)C=CN1C=NCC(=O)O. The number of allylic oxidation sites excluding steroid dienone is 1. The Hall–Kier alpha value is -1.86. The molecule has 1 heterocycles. The highest BCUT2D eigenvalue weighted by molar-refractivity contribution is 6.00. The number of hydrogen-bond donors (Lipinski definition) is 1. The molecule has 8 heteroatoms. The van der Waals surface area contributed by atoms with Crippen molar-refractivity contribution in [2.75, 3.05) is 6.54 Å². The fourth-order valence-electron chi connectivity index (χ4n) is 1.32. The highest BCUT2D eigenvalue weighted by Crippen LogP contribution is 2.23. The molecule has 0 saturated carbocycles. The smallest absolute Gasteiger partial charge is 0.433 e. The standard InChI is InChI=1S/C10H12F3N3O2/c1-2-8-15-7(10(11,12)13)3-4-16(8)6-14-5-9(17)18/h3-4,6,8H,2,5H2,1H3,(H,17,18). The Labute approximate surface area is 101 Å². The lowest BCUT2D eigenvalue weighted by Gasteiger charge is -2.26. The van der Waals surface area contributed by atoms with Crippen molar-refractivity contribution >= 4 is 18.0 Å². The van der Waals surface area contributed by atoms with Gasteiger partial charge in [-0.25, -0.2) is 0 Å². The van der Waals surface area contributed by atoms with Gasteiger partial charge in [-0.3, -0.25) is 14.8 Å². The fourth-order valence-corrected chi connectivity index (χ4v) is 1.32. The number of aliphatic carboxylic acids is 1. The number of hydrogen-bond acceptors (Lipinski definition) is 3. The van der Waals surface area contributed by atoms with Gasteiger partial charge in [0.2, 0.25) is 0 Å². The molecule has 0 bridgehead atoms. The molecule has 0 spiro atoms. The molecule has 0 fully saturated rings. The summed E-state index contributed by atoms with van der Waals surface area (Å²) in [5.41, 5.74) is -0.947. The van der Waals surface area contributed by atoms with E-state index in [-0.39, 0.29) is 0 Å². The Balaban J connectivity index is 2.76. The van der Waals surface area contributed by atoms with Crippen molar-refractivity contribution in [2.24, 2.45) is 9.98 Å². The van der Waals surface area contributed by atoms with Gasteiger partial charge in [0.05, 0.1) is 6.34 Å². The predicted molar refractivity (Wildman–Crippen MR) is 59.5 cm³/mol. The zero-order chi connectivity index (χ0) is 13.8. The fraction of sp³-hybridized carbons (Fsp3) is 0.500. The van der Waals surface area contributed by atoms with Gasteiger partial charge in [-0.05, 0) is 12.5 Å². The number of carbonyl (C=O) groups is 1. The average molecular weight is 263 g/mol. The minimum absolute atomic E-state index is 0.350. The van der Waals surface area contributed by atoms with E-state index in [4.69, 9.17) is 5.11 Å². The summed E-state index contributed by atoms with van der Waals surface area (Å²) >= 11 is 0. The van der Waals surface area contributed by atoms with Crippen LogP contribution in [-0.4, -0.2) is 46.9 Å². The van der Waals surface area contributed by atoms with Crippen molar-refractivity contribution in [3.63, 3.8) is 0 Å². The van der Waals surface area contributed by atoms with Crippen LogP contribution in [0.1, 0.15) is 13.3 Å². The van der Waals surface area contributed by atoms with Crippen LogP contribution in [0.15, 0.2) is 22.3 Å². The van der Waals surface area contributed by atoms with Gasteiger partial charge in [-0.1, -0.05) is 6.92 Å². The molecule has 18 heavy (non-hydrogen) atoms. The summed E-state index contributed by atoms with van der Waals surface area (Å²) in [6.45, 7) is 1.25. The highest BCUT2D eigenvalue weighted by atomic mass is 19.4. The number of carboxylic acids is 1. The summed E-state index contributed by atoms with van der Waals surface area (Å²) < 4.78 is 37.3. The largest absolute Gasteiger partial charge is 0.480 e. The Morgan fingerprint density at radius 3 is 2.83 bits per heavy atom. The minimum atomic E-state index is -4.48. The molecule has 5 nitrogen and oxygen atoms in total. The van der Waals surface area contributed by atoms with E-state index in [0.29, 0.717) is 6.42 Å². The Bertz CT molecular complexity index is 402. The molecule has 0 amide bonds. The molecule has 1 rings (SSSR count). The van der Waals surface area contributed by atoms with E-state index in [9.17, 15) is 18.0 Å². The van der Waals surface area contributed by atoms with Crippen LogP contribution < -0.4 is 0 Å². The van der Waals surface area contributed by atoms with Crippen LogP contribution in [0.3, 0.4) is 0 Å². The molecule has 0 radical (unpaired) electrons. The predicted octanol–water partition coefficient (Wildman–Crippen LogP) is 1.67. The van der Waals surface area contributed by atoms with Gasteiger partial charge in [0.15, 0.2) is 0 Å². The molecule has 0 aromatic rings. The average Bonchev–Trinajstić information content (AvgIpc) is 2.27. The second kappa shape index (κ2) is 5.65. The van der Waals surface area contributed by atoms with Crippen LogP contribution >= 0.6 is 0 Å². The molecule has 1 N–H and O–H groups in total. The molecular formula is C10H12F3N3O2. The van der Waals surface area contributed by atoms with Crippen LogP contribution in [0, 0.1) is 0 Å². The second-order valence-electron chi connectivity index (χ2n) is 3.51. The van der Waals surface area contributed by atoms with E-state index in [1.807, 2.05) is 0 Å². The summed E-state index contributed by atoms with van der Waals surface area (Å²) in [6.07, 6.45) is -1.65. The zero-order valence-corrected chi connectivity index (χ0v) is 9.55. The second-order valence-corrected chi connectivity index (χ2v) is 3.51. The van der Waals surface area contributed by atoms with Crippen molar-refractivity contribution < 1.29 is 23.1 Å². The normalized spacial score (nSPS) is 20.3. The van der Waals surface area contributed by atoms with E-state index in [0.717, 1.165) is 6.08 Å². The molecule has 0 aromatic carbocycles. The third kappa shape index (κ3) is 3.86. The number of alkyl halides is 3. The summed E-state index contributed by atoms with van der Waals surface area (Å²) in [5.74, 6) is -1.11. The van der Waals surface area contributed by atoms with E-state index in [1.54, 1.807) is 6.92 Å². The summed E-state index contributed by atoms with van der Waals surface area (Å²) in [6, 6.07) is 0. The van der Waals surface area contributed by atoms with Crippen molar-refractivity contribution in [1.29, 1.82) is 0 Å². The molecule has 1 atom stereocenters. The van der Waals surface area contributed by atoms with Gasteiger partial charge in [-0.2, -0.15) is 13.2 Å². The van der Waals surface area contributed by atoms with Crippen molar-refractivity contribution in [3.8, 4) is 0 Å². The lowest BCUT2D eigenvalue weighted by Crippen LogP contribution is -2.35. The quantitative estimate of drug-likeness (QED) is 0.619. The summed E-state index contributed by atoms with van der Waals surface area (Å²) in [4.78, 5) is 18.7. The van der Waals surface area contributed by atoms with Crippen LogP contribution in [0.5, 0.6) is 0 Å². The molecule has 0 aromatic heterocycles. The lowest BCUT2D eigenvalue weighted by atomic mass is 10.2. The summed E-state index contributed by atoms with van der Waals surface area (Å²) in [5, 5.41) is 8.39. The first-order valence-electron chi connectivity index (χ1n) is 5.17. The molecule has 0 saturated heterocycles. The monoisotopic (exact) mass is 263 g/mol. The highest BCUT2D eigenvalue weighted by Gasteiger charge is 2.36. The van der Waals surface area contributed by atoms with Crippen LogP contribution in [-0.2, 0) is 4.79 Å². The maximum Gasteiger partial charge on any atom is 0.433 e. The van der Waals surface area contributed by atoms with E-state index in [2.05, 4.69) is 9.98 Å². The number of halogens is 3. The van der Waals surface area contributed by atoms with E-state index in [1.165, 1.54) is 17.4 Å². The zero-order valence-electron chi connectivity index (χ0n) is 9.55. The Morgan fingerprint density at radius 2 is 2.33 bits per heavy atom. The third-order valence-electron chi connectivity index (χ3n) is 2.13. The van der Waals surface area contributed by atoms with Gasteiger partial charge >= 0.3 is 12.1 Å². The van der Waals surface area contributed by atoms with Crippen molar-refractivity contribution in [2.45, 2.75) is 25.7 Å². The van der Waals surface area contributed by atoms with E-state index < -0.39 is 30.6 Å². The molecule has 1 aliphatic heterocycles. The Kier molecular flexibility index (Phi) is 4.46. The minimum Gasteiger partial charge on any atom is -0.480 e. The van der Waals surface area contributed by atoms with Gasteiger partial charge in [0.1, 0.15) is 18.4 Å². The maximum atomic E-state index is 12.4. The molecule has 0 aliphatic carbocycles. The maximum absolute atomic E-state index is 12.4. The first-order valence-corrected chi connectivity index (χ1v) is 5.17. The van der Waals surface area contributed by atoms with Crippen molar-refractivity contribution in [1.82, 2.24) is 4.90 Å². The Morgan fingerprint density at radius 1 is 1.67 bits per heavy atom. The van der Waals surface area contributed by atoms with Crippen LogP contribution in [0.4, 0.5) is 13.2 Å². The molecular weight excluding hydrogens is 251 g/mol. The first kappa shape index (κ1) is 14.2. The molecule has 1 unspecified atom stereocenters. The lowest BCUT2D eigenvalue weighted by molar-refractivity contribution is -0.135. The molecule has 100 valence electrons. The molecule has 1 aliphatic rings. The summed E-state index contributed by atoms with van der Waals surface area (Å²) in [7, 11) is 0.